The highest BCUT2D eigenvalue weighted by Crippen LogP contribution is 2.35. The molecule has 0 fully saturated rings. The third kappa shape index (κ3) is 5.37. The van der Waals surface area contributed by atoms with Gasteiger partial charge in [-0.15, -0.1) is 0 Å². The molecule has 146 valence electrons. The number of carbonyl (C=O) groups excluding carboxylic acids is 1. The zero-order valence-corrected chi connectivity index (χ0v) is 15.0. The van der Waals surface area contributed by atoms with E-state index in [-0.39, 0.29) is 24.8 Å². The number of alkyl halides is 3. The number of likely N-dealkylation sites (N-methyl/N-ethyl adjacent to an activating group) is 1. The topological polar surface area (TPSA) is 75.8 Å². The number of nitrogens with two attached hydrogens (primary N) is 1. The first-order valence-corrected chi connectivity index (χ1v) is 8.18. The predicted molar refractivity (Wildman–Crippen MR) is 95.5 cm³/mol. The Balaban J connectivity index is 1.99. The summed E-state index contributed by atoms with van der Waals surface area (Å²) in [6.07, 6.45) is -5.72. The van der Waals surface area contributed by atoms with E-state index < -0.39 is 17.8 Å². The SMILES string of the molecule is Cc1ccc(N)cc1C(=O)N(C)CC(O)COc1ccccc1C(F)(F)F. The Morgan fingerprint density at radius 3 is 2.59 bits per heavy atom. The largest absolute Gasteiger partial charge is 0.490 e. The Morgan fingerprint density at radius 2 is 1.93 bits per heavy atom. The molecule has 0 aliphatic heterocycles. The van der Waals surface area contributed by atoms with Crippen molar-refractivity contribution in [2.75, 3.05) is 25.9 Å². The number of rotatable bonds is 6. The van der Waals surface area contributed by atoms with E-state index in [4.69, 9.17) is 10.5 Å². The third-order valence-electron chi connectivity index (χ3n) is 3.95. The van der Waals surface area contributed by atoms with Crippen molar-refractivity contribution in [2.45, 2.75) is 19.2 Å². The van der Waals surface area contributed by atoms with E-state index in [0.29, 0.717) is 11.3 Å². The van der Waals surface area contributed by atoms with Crippen LogP contribution in [-0.2, 0) is 6.18 Å². The van der Waals surface area contributed by atoms with Crippen LogP contribution in [0, 0.1) is 6.92 Å². The average Bonchev–Trinajstić information content (AvgIpc) is 2.60. The van der Waals surface area contributed by atoms with Crippen LogP contribution < -0.4 is 10.5 Å². The number of aliphatic hydroxyl groups excluding tert-OH is 1. The van der Waals surface area contributed by atoms with Gasteiger partial charge in [-0.25, -0.2) is 0 Å². The van der Waals surface area contributed by atoms with Crippen molar-refractivity contribution < 1.29 is 27.8 Å². The fourth-order valence-corrected chi connectivity index (χ4v) is 2.54. The maximum absolute atomic E-state index is 12.9. The van der Waals surface area contributed by atoms with Gasteiger partial charge in [0, 0.05) is 24.8 Å². The number of hydrogen-bond donors (Lipinski definition) is 2. The molecule has 2 aromatic rings. The molecule has 3 N–H and O–H groups in total. The van der Waals surface area contributed by atoms with Crippen LogP contribution in [0.1, 0.15) is 21.5 Å². The van der Waals surface area contributed by atoms with Gasteiger partial charge in [-0.1, -0.05) is 18.2 Å². The van der Waals surface area contributed by atoms with Crippen LogP contribution in [0.2, 0.25) is 0 Å². The number of aliphatic hydroxyl groups is 1. The van der Waals surface area contributed by atoms with Crippen molar-refractivity contribution in [2.24, 2.45) is 0 Å². The zero-order chi connectivity index (χ0) is 20.2. The van der Waals surface area contributed by atoms with E-state index in [1.807, 2.05) is 0 Å². The minimum Gasteiger partial charge on any atom is -0.490 e. The molecule has 0 bridgehead atoms. The first-order valence-electron chi connectivity index (χ1n) is 8.18. The molecule has 0 saturated heterocycles. The van der Waals surface area contributed by atoms with E-state index in [1.165, 1.54) is 36.2 Å². The molecule has 5 nitrogen and oxygen atoms in total. The summed E-state index contributed by atoms with van der Waals surface area (Å²) in [7, 11) is 1.48. The Hall–Kier alpha value is -2.74. The highest BCUT2D eigenvalue weighted by Gasteiger charge is 2.34. The number of anilines is 1. The number of ether oxygens (including phenoxy) is 1. The van der Waals surface area contributed by atoms with Crippen LogP contribution in [0.15, 0.2) is 42.5 Å². The Kier molecular flexibility index (Phi) is 6.32. The zero-order valence-electron chi connectivity index (χ0n) is 15.0. The second-order valence-electron chi connectivity index (χ2n) is 6.22. The van der Waals surface area contributed by atoms with Crippen LogP contribution in [0.3, 0.4) is 0 Å². The number of amides is 1. The Morgan fingerprint density at radius 1 is 1.26 bits per heavy atom. The highest BCUT2D eigenvalue weighted by atomic mass is 19.4. The van der Waals surface area contributed by atoms with Gasteiger partial charge in [-0.3, -0.25) is 4.79 Å². The number of aryl methyl sites for hydroxylation is 1. The van der Waals surface area contributed by atoms with Gasteiger partial charge in [0.25, 0.3) is 5.91 Å². The smallest absolute Gasteiger partial charge is 0.419 e. The van der Waals surface area contributed by atoms with Gasteiger partial charge < -0.3 is 20.5 Å². The molecule has 1 unspecified atom stereocenters. The van der Waals surface area contributed by atoms with E-state index in [9.17, 15) is 23.1 Å². The second kappa shape index (κ2) is 8.30. The van der Waals surface area contributed by atoms with E-state index in [0.717, 1.165) is 11.6 Å². The molecule has 0 saturated carbocycles. The lowest BCUT2D eigenvalue weighted by Gasteiger charge is -2.22. The molecule has 8 heteroatoms. The van der Waals surface area contributed by atoms with Gasteiger partial charge in [0.15, 0.2) is 0 Å². The highest BCUT2D eigenvalue weighted by molar-refractivity contribution is 5.96. The van der Waals surface area contributed by atoms with Gasteiger partial charge >= 0.3 is 6.18 Å². The van der Waals surface area contributed by atoms with Crippen molar-refractivity contribution in [3.8, 4) is 5.75 Å². The van der Waals surface area contributed by atoms with Crippen LogP contribution >= 0.6 is 0 Å². The maximum Gasteiger partial charge on any atom is 0.419 e. The molecule has 2 aromatic carbocycles. The molecule has 27 heavy (non-hydrogen) atoms. The molecule has 0 aliphatic carbocycles. The lowest BCUT2D eigenvalue weighted by atomic mass is 10.1. The summed E-state index contributed by atoms with van der Waals surface area (Å²) >= 11 is 0. The van der Waals surface area contributed by atoms with Crippen molar-refractivity contribution in [1.82, 2.24) is 4.90 Å². The maximum atomic E-state index is 12.9. The van der Waals surface area contributed by atoms with Crippen molar-refractivity contribution >= 4 is 11.6 Å². The average molecular weight is 382 g/mol. The predicted octanol–water partition coefficient (Wildman–Crippen LogP) is 3.11. The molecule has 1 atom stereocenters. The lowest BCUT2D eigenvalue weighted by Crippen LogP contribution is -2.37. The first kappa shape index (κ1) is 20.6. The molecular formula is C19H21F3N2O3. The Bertz CT molecular complexity index is 809. The molecule has 0 spiro atoms. The molecule has 1 amide bonds. The van der Waals surface area contributed by atoms with Crippen molar-refractivity contribution in [3.05, 3.63) is 59.2 Å². The van der Waals surface area contributed by atoms with E-state index >= 15 is 0 Å². The summed E-state index contributed by atoms with van der Waals surface area (Å²) in [6.45, 7) is 1.26. The number of benzene rings is 2. The number of nitrogens with zero attached hydrogens (tertiary/aromatic N) is 1. The quantitative estimate of drug-likeness (QED) is 0.753. The fraction of sp³-hybridized carbons (Fsp3) is 0.316. The summed E-state index contributed by atoms with van der Waals surface area (Å²) in [5.74, 6) is -0.723. The number of hydrogen-bond acceptors (Lipinski definition) is 4. The van der Waals surface area contributed by atoms with E-state index in [1.54, 1.807) is 19.1 Å². The third-order valence-corrected chi connectivity index (χ3v) is 3.95. The van der Waals surface area contributed by atoms with Gasteiger partial charge in [0.1, 0.15) is 18.5 Å². The van der Waals surface area contributed by atoms with Gasteiger partial charge in [-0.2, -0.15) is 13.2 Å². The minimum atomic E-state index is -4.56. The molecular weight excluding hydrogens is 361 g/mol. The first-order chi connectivity index (χ1) is 12.6. The molecule has 0 aliphatic rings. The van der Waals surface area contributed by atoms with Crippen LogP contribution in [0.4, 0.5) is 18.9 Å². The number of para-hydroxylation sites is 1. The molecule has 0 heterocycles. The summed E-state index contributed by atoms with van der Waals surface area (Å²) in [5, 5.41) is 10.1. The van der Waals surface area contributed by atoms with Gasteiger partial charge in [-0.05, 0) is 36.8 Å². The van der Waals surface area contributed by atoms with Gasteiger partial charge in [0.05, 0.1) is 5.56 Å². The van der Waals surface area contributed by atoms with Crippen molar-refractivity contribution in [1.29, 1.82) is 0 Å². The lowest BCUT2D eigenvalue weighted by molar-refractivity contribution is -0.139. The second-order valence-corrected chi connectivity index (χ2v) is 6.22. The van der Waals surface area contributed by atoms with Crippen LogP contribution in [-0.4, -0.2) is 42.2 Å². The van der Waals surface area contributed by atoms with Crippen LogP contribution in [0.5, 0.6) is 5.75 Å². The summed E-state index contributed by atoms with van der Waals surface area (Å²) in [6, 6.07) is 9.68. The number of carbonyl (C=O) groups is 1. The monoisotopic (exact) mass is 382 g/mol. The molecule has 0 radical (unpaired) electrons. The molecule has 2 rings (SSSR count). The number of halogens is 3. The Labute approximate surface area is 155 Å². The minimum absolute atomic E-state index is 0.110. The molecule has 0 aromatic heterocycles. The standard InChI is InChI=1S/C19H21F3N2O3/c1-12-7-8-13(23)9-15(12)18(26)24(2)10-14(25)11-27-17-6-4-3-5-16(17)19(20,21)22/h3-9,14,25H,10-11,23H2,1-2H3. The normalized spacial score (nSPS) is 12.5. The summed E-state index contributed by atoms with van der Waals surface area (Å²) in [5.41, 5.74) is 6.34. The number of nitrogen functional groups attached to an aromatic ring is 1. The summed E-state index contributed by atoms with van der Waals surface area (Å²) < 4.78 is 44.0. The van der Waals surface area contributed by atoms with Crippen molar-refractivity contribution in [3.63, 3.8) is 0 Å². The van der Waals surface area contributed by atoms with Crippen LogP contribution in [0.25, 0.3) is 0 Å². The van der Waals surface area contributed by atoms with E-state index in [2.05, 4.69) is 0 Å². The van der Waals surface area contributed by atoms with Gasteiger partial charge in [0.2, 0.25) is 0 Å². The summed E-state index contributed by atoms with van der Waals surface area (Å²) in [4.78, 5) is 13.8. The fourth-order valence-electron chi connectivity index (χ4n) is 2.54.